The minimum absolute atomic E-state index is 0.00921. The molecule has 2 aromatic rings. The number of carbonyl (C=O) groups is 2. The highest BCUT2D eigenvalue weighted by atomic mass is 35.5. The quantitative estimate of drug-likeness (QED) is 0.377. The highest BCUT2D eigenvalue weighted by Gasteiger charge is 2.56. The van der Waals surface area contributed by atoms with Gasteiger partial charge < -0.3 is 19.6 Å². The molecule has 2 aromatic carbocycles. The fourth-order valence-corrected chi connectivity index (χ4v) is 11.3. The molecule has 1 saturated carbocycles. The first-order chi connectivity index (χ1) is 23.7. The minimum Gasteiger partial charge on any atom is -0.490 e. The van der Waals surface area contributed by atoms with E-state index in [0.29, 0.717) is 49.7 Å². The summed E-state index contributed by atoms with van der Waals surface area (Å²) in [6.07, 6.45) is 8.15. The van der Waals surface area contributed by atoms with Gasteiger partial charge in [0.05, 0.1) is 29.6 Å². The molecule has 272 valence electrons. The van der Waals surface area contributed by atoms with Crippen molar-refractivity contribution < 1.29 is 27.9 Å². The lowest BCUT2D eigenvalue weighted by atomic mass is 9.53. The number of anilines is 1. The number of hydrogen-bond acceptors (Lipinski definition) is 7. The Labute approximate surface area is 302 Å². The second kappa shape index (κ2) is 13.3. The Morgan fingerprint density at radius 3 is 2.54 bits per heavy atom. The fourth-order valence-electron chi connectivity index (χ4n) is 9.84. The van der Waals surface area contributed by atoms with Crippen LogP contribution < -0.4 is 14.4 Å². The Hall–Kier alpha value is -2.82. The molecular formula is C39H52ClN3O6S. The van der Waals surface area contributed by atoms with E-state index >= 15 is 0 Å². The number of carbonyl (C=O) groups excluding carboxylic acids is 2. The van der Waals surface area contributed by atoms with Gasteiger partial charge in [-0.15, -0.1) is 0 Å². The predicted octanol–water partition coefficient (Wildman–Crippen LogP) is 6.24. The van der Waals surface area contributed by atoms with E-state index in [4.69, 9.17) is 16.3 Å². The van der Waals surface area contributed by atoms with Crippen LogP contribution in [0.2, 0.25) is 5.02 Å². The smallest absolute Gasteiger partial charge is 0.264 e. The first kappa shape index (κ1) is 35.6. The van der Waals surface area contributed by atoms with Crippen LogP contribution in [0.1, 0.15) is 106 Å². The average molecular weight is 726 g/mol. The molecule has 1 spiro atoms. The van der Waals surface area contributed by atoms with Gasteiger partial charge in [0, 0.05) is 42.2 Å². The monoisotopic (exact) mass is 725 g/mol. The topological polar surface area (TPSA) is 116 Å². The predicted molar refractivity (Wildman–Crippen MR) is 195 cm³/mol. The van der Waals surface area contributed by atoms with E-state index in [9.17, 15) is 23.1 Å². The standard InChI is InChI=1S/C39H52ClN3O6S/c1-26-8-6-16-39(46,22-35(44)42-18-4-5-19-42)34-14-17-37(34,3)23-43-24-38(15-7-9-28-20-30(40)11-12-31(28)38)25-49-33-13-10-29(21-32(33)43)36(45)41-50(47,48)27(26)2/h10-13,20-21,26-27,34,46H,4-9,14-19,22-25H2,1-3H3,(H,41,45)/t26-,27+,34+,37?,38-,39+/m0/s1. The number of benzene rings is 2. The molecule has 1 unspecified atom stereocenters. The zero-order valence-electron chi connectivity index (χ0n) is 29.7. The van der Waals surface area contributed by atoms with Crippen LogP contribution in [-0.4, -0.2) is 73.9 Å². The zero-order valence-corrected chi connectivity index (χ0v) is 31.3. The van der Waals surface area contributed by atoms with Gasteiger partial charge in [-0.05, 0) is 123 Å². The van der Waals surface area contributed by atoms with Gasteiger partial charge in [0.1, 0.15) is 5.75 Å². The maximum absolute atomic E-state index is 13.7. The Bertz CT molecular complexity index is 1760. The van der Waals surface area contributed by atoms with Crippen molar-refractivity contribution in [1.29, 1.82) is 0 Å². The largest absolute Gasteiger partial charge is 0.490 e. The third-order valence-electron chi connectivity index (χ3n) is 13.1. The van der Waals surface area contributed by atoms with E-state index in [-0.39, 0.29) is 40.6 Å². The van der Waals surface area contributed by atoms with Crippen molar-refractivity contribution in [2.24, 2.45) is 17.3 Å². The summed E-state index contributed by atoms with van der Waals surface area (Å²) in [5.74, 6) is -0.393. The zero-order chi connectivity index (χ0) is 35.5. The van der Waals surface area contributed by atoms with Crippen LogP contribution in [0.25, 0.3) is 0 Å². The van der Waals surface area contributed by atoms with E-state index in [2.05, 4.69) is 28.7 Å². The summed E-state index contributed by atoms with van der Waals surface area (Å²) in [6, 6.07) is 11.3. The van der Waals surface area contributed by atoms with Crippen molar-refractivity contribution in [1.82, 2.24) is 9.62 Å². The van der Waals surface area contributed by atoms with Crippen LogP contribution in [0.4, 0.5) is 5.69 Å². The van der Waals surface area contributed by atoms with Crippen molar-refractivity contribution >= 4 is 39.1 Å². The molecule has 11 heteroatoms. The molecule has 2 fully saturated rings. The van der Waals surface area contributed by atoms with E-state index < -0.39 is 26.8 Å². The summed E-state index contributed by atoms with van der Waals surface area (Å²) in [6.45, 7) is 8.90. The SMILES string of the molecule is C[C@@H]1[C@@H](C)CCC[C@@](O)(CC(=O)N2CCCC2)[C@@H]2CCC2(C)CN2C[C@@]3(CCCc4cc(Cl)ccc43)COc3ccc(cc32)C(=O)NS1(=O)=O. The number of aryl methyl sites for hydroxylation is 1. The highest BCUT2D eigenvalue weighted by Crippen LogP contribution is 2.56. The van der Waals surface area contributed by atoms with Crippen molar-refractivity contribution in [3.8, 4) is 5.75 Å². The number of amides is 2. The molecule has 0 aromatic heterocycles. The maximum atomic E-state index is 13.7. The lowest BCUT2D eigenvalue weighted by Gasteiger charge is -2.57. The number of nitrogens with zero attached hydrogens (tertiary/aromatic N) is 2. The number of hydrogen-bond donors (Lipinski definition) is 2. The normalized spacial score (nSPS) is 34.1. The van der Waals surface area contributed by atoms with Crippen molar-refractivity contribution in [2.45, 2.75) is 108 Å². The molecule has 3 heterocycles. The summed E-state index contributed by atoms with van der Waals surface area (Å²) in [5, 5.41) is 12.6. The van der Waals surface area contributed by atoms with E-state index in [1.54, 1.807) is 25.1 Å². The number of rotatable bonds is 2. The van der Waals surface area contributed by atoms with Gasteiger partial charge in [-0.1, -0.05) is 37.9 Å². The van der Waals surface area contributed by atoms with Gasteiger partial charge in [-0.2, -0.15) is 0 Å². The molecule has 2 aliphatic carbocycles. The number of halogens is 1. The molecule has 0 radical (unpaired) electrons. The van der Waals surface area contributed by atoms with Crippen LogP contribution >= 0.6 is 11.6 Å². The third kappa shape index (κ3) is 6.53. The van der Waals surface area contributed by atoms with Crippen LogP contribution in [0.5, 0.6) is 5.75 Å². The molecular weight excluding hydrogens is 674 g/mol. The number of nitrogens with one attached hydrogen (secondary N) is 1. The van der Waals surface area contributed by atoms with Gasteiger partial charge in [0.25, 0.3) is 5.91 Å². The molecule has 2 N–H and O–H groups in total. The number of likely N-dealkylation sites (tertiary alicyclic amines) is 1. The molecule has 2 bridgehead atoms. The lowest BCUT2D eigenvalue weighted by Crippen LogP contribution is -2.59. The van der Waals surface area contributed by atoms with Gasteiger partial charge in [0.15, 0.2) is 0 Å². The Morgan fingerprint density at radius 1 is 1.02 bits per heavy atom. The molecule has 6 atom stereocenters. The summed E-state index contributed by atoms with van der Waals surface area (Å²) >= 11 is 6.46. The summed E-state index contributed by atoms with van der Waals surface area (Å²) < 4.78 is 36.0. The maximum Gasteiger partial charge on any atom is 0.264 e. The van der Waals surface area contributed by atoms with E-state index in [1.807, 2.05) is 17.9 Å². The molecule has 1 saturated heterocycles. The van der Waals surface area contributed by atoms with Gasteiger partial charge in [-0.3, -0.25) is 9.59 Å². The third-order valence-corrected chi connectivity index (χ3v) is 15.2. The Balaban J connectivity index is 1.32. The van der Waals surface area contributed by atoms with Crippen molar-refractivity contribution in [3.05, 3.63) is 58.1 Å². The van der Waals surface area contributed by atoms with Gasteiger partial charge in [-0.25, -0.2) is 13.1 Å². The molecule has 2 amide bonds. The average Bonchev–Trinajstić information content (AvgIpc) is 3.56. The second-order valence-electron chi connectivity index (χ2n) is 16.4. The first-order valence-corrected chi connectivity index (χ1v) is 20.5. The van der Waals surface area contributed by atoms with Crippen molar-refractivity contribution in [2.75, 3.05) is 37.7 Å². The number of sulfonamides is 1. The minimum atomic E-state index is -3.99. The summed E-state index contributed by atoms with van der Waals surface area (Å²) in [5.41, 5.74) is 1.56. The van der Waals surface area contributed by atoms with Gasteiger partial charge >= 0.3 is 0 Å². The molecule has 5 aliphatic rings. The van der Waals surface area contributed by atoms with E-state index in [0.717, 1.165) is 63.7 Å². The molecule has 9 nitrogen and oxygen atoms in total. The second-order valence-corrected chi connectivity index (χ2v) is 18.9. The lowest BCUT2D eigenvalue weighted by molar-refractivity contribution is -0.155. The molecule has 7 rings (SSSR count). The van der Waals surface area contributed by atoms with Crippen LogP contribution in [0.15, 0.2) is 36.4 Å². The van der Waals surface area contributed by atoms with Crippen LogP contribution in [0, 0.1) is 17.3 Å². The fraction of sp³-hybridized carbons (Fsp3) is 0.641. The highest BCUT2D eigenvalue weighted by molar-refractivity contribution is 7.90. The summed E-state index contributed by atoms with van der Waals surface area (Å²) in [4.78, 5) is 31.5. The Kier molecular flexibility index (Phi) is 9.47. The summed E-state index contributed by atoms with van der Waals surface area (Å²) in [7, 11) is -3.99. The van der Waals surface area contributed by atoms with Crippen LogP contribution in [0.3, 0.4) is 0 Å². The number of aliphatic hydroxyl groups is 1. The number of ether oxygens (including phenoxy) is 1. The molecule has 3 aliphatic heterocycles. The van der Waals surface area contributed by atoms with Crippen LogP contribution in [-0.2, 0) is 26.7 Å². The van der Waals surface area contributed by atoms with Crippen molar-refractivity contribution in [3.63, 3.8) is 0 Å². The van der Waals surface area contributed by atoms with Gasteiger partial charge in [0.2, 0.25) is 15.9 Å². The molecule has 50 heavy (non-hydrogen) atoms. The number of fused-ring (bicyclic) bond motifs is 4. The van der Waals surface area contributed by atoms with E-state index in [1.165, 1.54) is 11.1 Å². The Morgan fingerprint density at radius 2 is 1.80 bits per heavy atom. The first-order valence-electron chi connectivity index (χ1n) is 18.6.